The Morgan fingerprint density at radius 2 is 1.39 bits per heavy atom. The first-order valence-electron chi connectivity index (χ1n) is 8.01. The van der Waals surface area contributed by atoms with Crippen molar-refractivity contribution in [2.24, 2.45) is 5.92 Å². The average molecular weight is 338 g/mol. The van der Waals surface area contributed by atoms with Crippen LogP contribution < -0.4 is 10.0 Å². The first-order chi connectivity index (χ1) is 10.7. The molecule has 1 aliphatic carbocycles. The van der Waals surface area contributed by atoms with Crippen molar-refractivity contribution in [3.8, 4) is 0 Å². The van der Waals surface area contributed by atoms with Crippen molar-refractivity contribution in [3.05, 3.63) is 27.8 Å². The van der Waals surface area contributed by atoms with E-state index >= 15 is 0 Å². The molecule has 0 bridgehead atoms. The van der Waals surface area contributed by atoms with E-state index in [1.54, 1.807) is 0 Å². The van der Waals surface area contributed by atoms with Crippen molar-refractivity contribution < 1.29 is 13.2 Å². The van der Waals surface area contributed by atoms with E-state index in [1.807, 2.05) is 34.6 Å². The highest BCUT2D eigenvalue weighted by molar-refractivity contribution is 7.89. The highest BCUT2D eigenvalue weighted by atomic mass is 32.2. The molecule has 23 heavy (non-hydrogen) atoms. The molecule has 1 aromatic rings. The molecule has 0 radical (unpaired) electrons. The summed E-state index contributed by atoms with van der Waals surface area (Å²) in [4.78, 5) is 11.9. The highest BCUT2D eigenvalue weighted by Gasteiger charge is 2.29. The third-order valence-electron chi connectivity index (χ3n) is 4.86. The van der Waals surface area contributed by atoms with Gasteiger partial charge in [0.1, 0.15) is 0 Å². The van der Waals surface area contributed by atoms with E-state index in [0.717, 1.165) is 40.7 Å². The number of hydrogen-bond acceptors (Lipinski definition) is 3. The first-order valence-corrected chi connectivity index (χ1v) is 9.49. The number of rotatable bonds is 6. The summed E-state index contributed by atoms with van der Waals surface area (Å²) in [5.74, 6) is 0.164. The molecule has 1 amide bonds. The van der Waals surface area contributed by atoms with E-state index in [1.165, 1.54) is 0 Å². The third kappa shape index (κ3) is 3.75. The Bertz CT molecular complexity index is 706. The minimum Gasteiger partial charge on any atom is -0.355 e. The van der Waals surface area contributed by atoms with Crippen LogP contribution in [-0.2, 0) is 14.8 Å². The monoisotopic (exact) mass is 338 g/mol. The van der Waals surface area contributed by atoms with Gasteiger partial charge in [-0.1, -0.05) is 0 Å². The van der Waals surface area contributed by atoms with E-state index in [2.05, 4.69) is 10.0 Å². The molecule has 128 valence electrons. The van der Waals surface area contributed by atoms with Crippen LogP contribution >= 0.6 is 0 Å². The third-order valence-corrected chi connectivity index (χ3v) is 6.60. The van der Waals surface area contributed by atoms with Gasteiger partial charge in [0, 0.05) is 19.0 Å². The molecule has 1 fully saturated rings. The molecule has 0 spiro atoms. The molecular weight excluding hydrogens is 312 g/mol. The molecule has 0 aromatic heterocycles. The van der Waals surface area contributed by atoms with Gasteiger partial charge in [0.05, 0.1) is 4.90 Å². The summed E-state index contributed by atoms with van der Waals surface area (Å²) in [5.41, 5.74) is 4.74. The molecule has 2 N–H and O–H groups in total. The van der Waals surface area contributed by atoms with Crippen molar-refractivity contribution >= 4 is 15.9 Å². The van der Waals surface area contributed by atoms with Crippen LogP contribution in [0.25, 0.3) is 0 Å². The lowest BCUT2D eigenvalue weighted by molar-refractivity contribution is -0.122. The van der Waals surface area contributed by atoms with Gasteiger partial charge in [0.15, 0.2) is 0 Å². The summed E-state index contributed by atoms with van der Waals surface area (Å²) < 4.78 is 27.9. The van der Waals surface area contributed by atoms with Gasteiger partial charge in [-0.15, -0.1) is 0 Å². The molecule has 0 aliphatic heterocycles. The molecule has 1 aliphatic rings. The van der Waals surface area contributed by atoms with Gasteiger partial charge in [0.25, 0.3) is 0 Å². The maximum atomic E-state index is 12.7. The number of nitrogens with one attached hydrogen (secondary N) is 2. The maximum absolute atomic E-state index is 12.7. The van der Waals surface area contributed by atoms with Crippen LogP contribution in [0.5, 0.6) is 0 Å². The van der Waals surface area contributed by atoms with Crippen molar-refractivity contribution in [1.29, 1.82) is 0 Å². The number of carbonyl (C=O) groups is 1. The number of amides is 1. The Morgan fingerprint density at radius 1 is 0.913 bits per heavy atom. The highest BCUT2D eigenvalue weighted by Crippen LogP contribution is 2.29. The number of sulfonamides is 1. The molecule has 1 aromatic carbocycles. The van der Waals surface area contributed by atoms with Crippen molar-refractivity contribution in [3.63, 3.8) is 0 Å². The summed E-state index contributed by atoms with van der Waals surface area (Å²) in [5, 5.41) is 2.76. The van der Waals surface area contributed by atoms with E-state index in [9.17, 15) is 13.2 Å². The second kappa shape index (κ2) is 6.61. The molecule has 0 atom stereocenters. The Kier molecular flexibility index (Phi) is 5.16. The molecule has 5 nitrogen and oxygen atoms in total. The number of carbonyl (C=O) groups excluding carboxylic acids is 1. The lowest BCUT2D eigenvalue weighted by Gasteiger charge is -2.19. The molecular formula is C17H26N2O3S. The second-order valence-corrected chi connectivity index (χ2v) is 8.12. The van der Waals surface area contributed by atoms with E-state index in [4.69, 9.17) is 0 Å². The topological polar surface area (TPSA) is 75.3 Å². The quantitative estimate of drug-likeness (QED) is 0.779. The Morgan fingerprint density at radius 3 is 1.87 bits per heavy atom. The van der Waals surface area contributed by atoms with Crippen LogP contribution in [0, 0.1) is 40.5 Å². The lowest BCUT2D eigenvalue weighted by Crippen LogP contribution is -2.35. The summed E-state index contributed by atoms with van der Waals surface area (Å²) in [7, 11) is -3.59. The summed E-state index contributed by atoms with van der Waals surface area (Å²) >= 11 is 0. The fourth-order valence-electron chi connectivity index (χ4n) is 2.80. The van der Waals surface area contributed by atoms with Gasteiger partial charge in [-0.2, -0.15) is 0 Å². The zero-order valence-corrected chi connectivity index (χ0v) is 15.4. The fourth-order valence-corrected chi connectivity index (χ4v) is 4.43. The SMILES string of the molecule is Cc1c(C)c(C)c(S(=O)(=O)NCCNC(=O)C2CC2)c(C)c1C. The molecule has 2 rings (SSSR count). The van der Waals surface area contributed by atoms with Crippen LogP contribution in [0.3, 0.4) is 0 Å². The van der Waals surface area contributed by atoms with Crippen LogP contribution in [0.4, 0.5) is 0 Å². The fraction of sp³-hybridized carbons (Fsp3) is 0.588. The molecule has 1 saturated carbocycles. The van der Waals surface area contributed by atoms with Crippen LogP contribution in [0.1, 0.15) is 40.7 Å². The molecule has 6 heteroatoms. The van der Waals surface area contributed by atoms with Crippen molar-refractivity contribution in [1.82, 2.24) is 10.0 Å². The van der Waals surface area contributed by atoms with E-state index in [0.29, 0.717) is 11.4 Å². The smallest absolute Gasteiger partial charge is 0.241 e. The normalized spacial score (nSPS) is 14.8. The predicted octanol–water partition coefficient (Wildman–Crippen LogP) is 2.03. The van der Waals surface area contributed by atoms with Gasteiger partial charge >= 0.3 is 0 Å². The van der Waals surface area contributed by atoms with Gasteiger partial charge in [0.2, 0.25) is 15.9 Å². The van der Waals surface area contributed by atoms with Gasteiger partial charge in [-0.05, 0) is 75.3 Å². The molecule has 0 heterocycles. The average Bonchev–Trinajstić information content (AvgIpc) is 3.32. The van der Waals surface area contributed by atoms with Crippen LogP contribution in [-0.4, -0.2) is 27.4 Å². The van der Waals surface area contributed by atoms with E-state index in [-0.39, 0.29) is 18.4 Å². The Balaban J connectivity index is 2.11. The maximum Gasteiger partial charge on any atom is 0.241 e. The standard InChI is InChI=1S/C17H26N2O3S/c1-10-11(2)13(4)16(14(5)12(10)3)23(21,22)19-9-8-18-17(20)15-6-7-15/h15,19H,6-9H2,1-5H3,(H,18,20). The van der Waals surface area contributed by atoms with Crippen molar-refractivity contribution in [2.75, 3.05) is 13.1 Å². The lowest BCUT2D eigenvalue weighted by atomic mass is 9.95. The summed E-state index contributed by atoms with van der Waals surface area (Å²) in [6, 6.07) is 0. The summed E-state index contributed by atoms with van der Waals surface area (Å²) in [6.45, 7) is 10.1. The minimum atomic E-state index is -3.59. The molecule has 0 saturated heterocycles. The van der Waals surface area contributed by atoms with Gasteiger partial charge < -0.3 is 5.32 Å². The first kappa shape index (κ1) is 17.9. The minimum absolute atomic E-state index is 0.0265. The number of hydrogen-bond donors (Lipinski definition) is 2. The Labute approximate surface area is 138 Å². The second-order valence-electron chi connectivity index (χ2n) is 6.42. The number of benzene rings is 1. The van der Waals surface area contributed by atoms with E-state index < -0.39 is 10.0 Å². The summed E-state index contributed by atoms with van der Waals surface area (Å²) in [6.07, 6.45) is 1.88. The van der Waals surface area contributed by atoms with Crippen LogP contribution in [0.2, 0.25) is 0 Å². The van der Waals surface area contributed by atoms with Gasteiger partial charge in [-0.25, -0.2) is 13.1 Å². The zero-order chi connectivity index (χ0) is 17.4. The van der Waals surface area contributed by atoms with Gasteiger partial charge in [-0.3, -0.25) is 4.79 Å². The van der Waals surface area contributed by atoms with Crippen molar-refractivity contribution in [2.45, 2.75) is 52.4 Å². The predicted molar refractivity (Wildman–Crippen MR) is 91.0 cm³/mol. The zero-order valence-electron chi connectivity index (χ0n) is 14.5. The van der Waals surface area contributed by atoms with Crippen LogP contribution in [0.15, 0.2) is 4.90 Å². The Hall–Kier alpha value is -1.40. The molecule has 0 unspecified atom stereocenters. The largest absolute Gasteiger partial charge is 0.355 e.